The van der Waals surface area contributed by atoms with Crippen LogP contribution < -0.4 is 9.62 Å². The van der Waals surface area contributed by atoms with Crippen molar-refractivity contribution in [2.45, 2.75) is 44.4 Å². The zero-order chi connectivity index (χ0) is 23.8. The van der Waals surface area contributed by atoms with Gasteiger partial charge in [0.25, 0.3) is 15.7 Å². The summed E-state index contributed by atoms with van der Waals surface area (Å²) >= 11 is 0. The summed E-state index contributed by atoms with van der Waals surface area (Å²) in [6.45, 7) is 6.53. The van der Waals surface area contributed by atoms with Crippen molar-refractivity contribution in [2.24, 2.45) is 0 Å². The average molecular weight is 472 g/mol. The average Bonchev–Trinajstić information content (AvgIpc) is 3.21. The first kappa shape index (κ1) is 22.7. The Labute approximate surface area is 191 Å². The van der Waals surface area contributed by atoms with Gasteiger partial charge in [-0.25, -0.2) is 8.42 Å². The molecule has 0 amide bonds. The number of anilines is 2. The lowest BCUT2D eigenvalue weighted by Crippen LogP contribution is -2.35. The van der Waals surface area contributed by atoms with Gasteiger partial charge in [0.1, 0.15) is 5.69 Å². The van der Waals surface area contributed by atoms with Gasteiger partial charge in [-0.2, -0.15) is 4.98 Å². The predicted octanol–water partition coefficient (Wildman–Crippen LogP) is 4.09. The van der Waals surface area contributed by atoms with Gasteiger partial charge >= 0.3 is 0 Å². The van der Waals surface area contributed by atoms with Crippen LogP contribution in [0.25, 0.3) is 0 Å². The van der Waals surface area contributed by atoms with Crippen LogP contribution in [0.2, 0.25) is 0 Å². The predicted molar refractivity (Wildman–Crippen MR) is 123 cm³/mol. The molecule has 2 heterocycles. The molecule has 1 aromatic heterocycles. The molecule has 1 aliphatic heterocycles. The number of nitrogens with zero attached hydrogens (tertiary/aromatic N) is 4. The summed E-state index contributed by atoms with van der Waals surface area (Å²) in [5.41, 5.74) is 2.31. The van der Waals surface area contributed by atoms with E-state index in [9.17, 15) is 18.5 Å². The number of hydrogen-bond acceptors (Lipinski definition) is 8. The summed E-state index contributed by atoms with van der Waals surface area (Å²) in [6.07, 6.45) is 1.62. The Morgan fingerprint density at radius 1 is 1.18 bits per heavy atom. The van der Waals surface area contributed by atoms with Gasteiger partial charge in [-0.3, -0.25) is 14.8 Å². The summed E-state index contributed by atoms with van der Waals surface area (Å²) in [7, 11) is -4.01. The first-order valence-corrected chi connectivity index (χ1v) is 12.1. The third kappa shape index (κ3) is 4.82. The summed E-state index contributed by atoms with van der Waals surface area (Å²) in [4.78, 5) is 17.3. The number of piperidine rings is 1. The van der Waals surface area contributed by atoms with Crippen molar-refractivity contribution in [1.82, 2.24) is 10.1 Å². The molecule has 1 fully saturated rings. The second-order valence-corrected chi connectivity index (χ2v) is 9.98. The minimum absolute atomic E-state index is 0.0471. The highest BCUT2D eigenvalue weighted by Crippen LogP contribution is 2.36. The van der Waals surface area contributed by atoms with Gasteiger partial charge < -0.3 is 9.42 Å². The molecule has 2 aromatic carbocycles. The lowest BCUT2D eigenvalue weighted by molar-refractivity contribution is -0.384. The third-order valence-corrected chi connectivity index (χ3v) is 7.10. The molecule has 1 unspecified atom stereocenters. The first-order valence-electron chi connectivity index (χ1n) is 10.6. The van der Waals surface area contributed by atoms with Crippen LogP contribution in [0.1, 0.15) is 41.6 Å². The van der Waals surface area contributed by atoms with Gasteiger partial charge in [-0.15, -0.1) is 0 Å². The monoisotopic (exact) mass is 471 g/mol. The third-order valence-electron chi connectivity index (χ3n) is 5.73. The van der Waals surface area contributed by atoms with Gasteiger partial charge in [0.15, 0.2) is 5.82 Å². The molecule has 33 heavy (non-hydrogen) atoms. The number of rotatable bonds is 6. The summed E-state index contributed by atoms with van der Waals surface area (Å²) in [5.74, 6) is 1.00. The zero-order valence-electron chi connectivity index (χ0n) is 18.6. The number of aromatic nitrogens is 2. The Hall–Kier alpha value is -3.47. The van der Waals surface area contributed by atoms with Crippen LogP contribution in [0.15, 0.2) is 45.8 Å². The number of nitro benzene ring substituents is 1. The molecule has 0 aliphatic carbocycles. The van der Waals surface area contributed by atoms with Gasteiger partial charge in [-0.1, -0.05) is 22.9 Å². The lowest BCUT2D eigenvalue weighted by atomic mass is 9.97. The number of nitrogens with one attached hydrogen (secondary N) is 1. The van der Waals surface area contributed by atoms with E-state index >= 15 is 0 Å². The Morgan fingerprint density at radius 2 is 1.97 bits per heavy atom. The van der Waals surface area contributed by atoms with E-state index in [1.807, 2.05) is 17.9 Å². The van der Waals surface area contributed by atoms with E-state index in [0.29, 0.717) is 36.2 Å². The molecule has 0 bridgehead atoms. The molecule has 1 N–H and O–H groups in total. The molecule has 1 atom stereocenters. The van der Waals surface area contributed by atoms with Crippen LogP contribution in [0, 0.1) is 30.9 Å². The van der Waals surface area contributed by atoms with Crippen LogP contribution >= 0.6 is 0 Å². The van der Waals surface area contributed by atoms with Gasteiger partial charge in [0, 0.05) is 19.2 Å². The molecule has 174 valence electrons. The molecule has 1 saturated heterocycles. The topological polar surface area (TPSA) is 131 Å². The fourth-order valence-electron chi connectivity index (χ4n) is 4.09. The van der Waals surface area contributed by atoms with Crippen molar-refractivity contribution < 1.29 is 17.9 Å². The van der Waals surface area contributed by atoms with Gasteiger partial charge in [0.2, 0.25) is 5.89 Å². The van der Waals surface area contributed by atoms with E-state index in [2.05, 4.69) is 14.9 Å². The van der Waals surface area contributed by atoms with Crippen molar-refractivity contribution in [2.75, 3.05) is 22.7 Å². The van der Waals surface area contributed by atoms with Crippen LogP contribution in [-0.2, 0) is 10.0 Å². The molecule has 1 aliphatic rings. The summed E-state index contributed by atoms with van der Waals surface area (Å²) < 4.78 is 33.8. The van der Waals surface area contributed by atoms with Crippen LogP contribution in [0.3, 0.4) is 0 Å². The SMILES string of the molecule is Cc1ccc(NS(=O)(=O)c2ccc(N3CCCC(c4nc(C)no4)C3)c([N+](=O)[O-])c2)c(C)c1. The number of nitro groups is 1. The zero-order valence-corrected chi connectivity index (χ0v) is 19.4. The van der Waals surface area contributed by atoms with E-state index in [0.717, 1.165) is 30.0 Å². The Bertz CT molecular complexity index is 1300. The minimum Gasteiger partial charge on any atom is -0.365 e. The van der Waals surface area contributed by atoms with Crippen LogP contribution in [0.4, 0.5) is 17.1 Å². The number of aryl methyl sites for hydroxylation is 3. The van der Waals surface area contributed by atoms with E-state index in [4.69, 9.17) is 4.52 Å². The maximum Gasteiger partial charge on any atom is 0.293 e. The van der Waals surface area contributed by atoms with E-state index in [1.54, 1.807) is 26.0 Å². The number of benzene rings is 2. The van der Waals surface area contributed by atoms with Crippen molar-refractivity contribution in [1.29, 1.82) is 0 Å². The molecule has 4 rings (SSSR count). The van der Waals surface area contributed by atoms with Gasteiger partial charge in [0.05, 0.1) is 21.4 Å². The maximum atomic E-state index is 13.0. The number of hydrogen-bond donors (Lipinski definition) is 1. The highest BCUT2D eigenvalue weighted by molar-refractivity contribution is 7.92. The highest BCUT2D eigenvalue weighted by atomic mass is 32.2. The molecular formula is C22H25N5O5S. The second kappa shape index (κ2) is 8.81. The smallest absolute Gasteiger partial charge is 0.293 e. The van der Waals surface area contributed by atoms with E-state index in [-0.39, 0.29) is 16.5 Å². The highest BCUT2D eigenvalue weighted by Gasteiger charge is 2.30. The molecule has 0 saturated carbocycles. The Kier molecular flexibility index (Phi) is 6.07. The fraction of sp³-hybridized carbons (Fsp3) is 0.364. The summed E-state index contributed by atoms with van der Waals surface area (Å²) in [6, 6.07) is 9.35. The Morgan fingerprint density at radius 3 is 2.64 bits per heavy atom. The van der Waals surface area contributed by atoms with Crippen molar-refractivity contribution >= 4 is 27.1 Å². The van der Waals surface area contributed by atoms with Crippen molar-refractivity contribution in [3.63, 3.8) is 0 Å². The quantitative estimate of drug-likeness (QED) is 0.420. The molecule has 10 nitrogen and oxygen atoms in total. The number of sulfonamides is 1. The van der Waals surface area contributed by atoms with Crippen LogP contribution in [0.5, 0.6) is 0 Å². The lowest BCUT2D eigenvalue weighted by Gasteiger charge is -2.32. The standard InChI is InChI=1S/C22H25N5O5S/c1-14-6-8-19(15(2)11-14)25-33(30,31)18-7-9-20(21(12-18)27(28)29)26-10-4-5-17(13-26)22-23-16(3)24-32-22/h6-9,11-12,17,25H,4-5,10,13H2,1-3H3. The molecular weight excluding hydrogens is 446 g/mol. The summed E-state index contributed by atoms with van der Waals surface area (Å²) in [5, 5.41) is 15.7. The molecule has 0 radical (unpaired) electrons. The normalized spacial score (nSPS) is 16.6. The first-order chi connectivity index (χ1) is 15.6. The van der Waals surface area contributed by atoms with E-state index in [1.165, 1.54) is 12.1 Å². The van der Waals surface area contributed by atoms with Crippen molar-refractivity contribution in [3.8, 4) is 0 Å². The van der Waals surface area contributed by atoms with E-state index < -0.39 is 14.9 Å². The van der Waals surface area contributed by atoms with Crippen LogP contribution in [-0.4, -0.2) is 36.6 Å². The second-order valence-electron chi connectivity index (χ2n) is 8.30. The fourth-order valence-corrected chi connectivity index (χ4v) is 5.24. The van der Waals surface area contributed by atoms with Gasteiger partial charge in [-0.05, 0) is 57.4 Å². The minimum atomic E-state index is -4.01. The maximum absolute atomic E-state index is 13.0. The molecule has 0 spiro atoms. The molecule has 3 aromatic rings. The van der Waals surface area contributed by atoms with Crippen molar-refractivity contribution in [3.05, 3.63) is 69.4 Å². The largest absolute Gasteiger partial charge is 0.365 e. The Balaban J connectivity index is 1.63. The molecule has 11 heteroatoms.